The molecule has 2 nitrogen and oxygen atoms in total. The molecule has 0 aliphatic heterocycles. The van der Waals surface area contributed by atoms with Gasteiger partial charge in [-0.25, -0.2) is 0 Å². The van der Waals surface area contributed by atoms with E-state index in [1.165, 1.54) is 0 Å². The Bertz CT molecular complexity index is 158. The highest BCUT2D eigenvalue weighted by Gasteiger charge is 2.17. The zero-order chi connectivity index (χ0) is 9.61. The van der Waals surface area contributed by atoms with Crippen LogP contribution in [0, 0.1) is 12.3 Å². The molecule has 70 valence electrons. The summed E-state index contributed by atoms with van der Waals surface area (Å²) in [6, 6.07) is 0.285. The van der Waals surface area contributed by atoms with Crippen LogP contribution in [-0.2, 0) is 0 Å². The Morgan fingerprint density at radius 1 is 1.67 bits per heavy atom. The average molecular weight is 169 g/mol. The second-order valence-corrected chi connectivity index (χ2v) is 3.54. The number of rotatable bonds is 5. The first-order chi connectivity index (χ1) is 5.52. The van der Waals surface area contributed by atoms with E-state index in [1.807, 2.05) is 20.8 Å². The van der Waals surface area contributed by atoms with Crippen LogP contribution >= 0.6 is 0 Å². The molecule has 0 radical (unpaired) electrons. The van der Waals surface area contributed by atoms with Crippen molar-refractivity contribution in [2.75, 3.05) is 6.54 Å². The topological polar surface area (TPSA) is 32.3 Å². The monoisotopic (exact) mass is 169 g/mol. The summed E-state index contributed by atoms with van der Waals surface area (Å²) in [6.45, 7) is 6.41. The van der Waals surface area contributed by atoms with Gasteiger partial charge in [0.15, 0.2) is 0 Å². The van der Waals surface area contributed by atoms with Crippen LogP contribution < -0.4 is 5.32 Å². The largest absolute Gasteiger partial charge is 0.389 e. The van der Waals surface area contributed by atoms with E-state index >= 15 is 0 Å². The Balaban J connectivity index is 3.61. The first-order valence-corrected chi connectivity index (χ1v) is 4.41. The summed E-state index contributed by atoms with van der Waals surface area (Å²) in [6.07, 6.45) is 6.61. The lowest BCUT2D eigenvalue weighted by molar-refractivity contribution is 0.0535. The smallest absolute Gasteiger partial charge is 0.0741 e. The standard InChI is InChI=1S/C10H19NO/c1-5-7-9(3)11-8-10(4,12)6-2/h1,9,11-12H,6-8H2,2-4H3. The molecule has 0 amide bonds. The minimum atomic E-state index is -0.608. The maximum absolute atomic E-state index is 9.63. The van der Waals surface area contributed by atoms with Crippen LogP contribution in [0.5, 0.6) is 0 Å². The van der Waals surface area contributed by atoms with Crippen molar-refractivity contribution in [2.24, 2.45) is 0 Å². The SMILES string of the molecule is C#CCC(C)NCC(C)(O)CC. The summed E-state index contributed by atoms with van der Waals surface area (Å²) in [5.74, 6) is 2.58. The van der Waals surface area contributed by atoms with E-state index < -0.39 is 5.60 Å². The third kappa shape index (κ3) is 5.17. The first-order valence-electron chi connectivity index (χ1n) is 4.41. The molecule has 0 saturated heterocycles. The van der Waals surface area contributed by atoms with Gasteiger partial charge in [0, 0.05) is 19.0 Å². The highest BCUT2D eigenvalue weighted by molar-refractivity contribution is 4.89. The van der Waals surface area contributed by atoms with Crippen molar-refractivity contribution in [3.05, 3.63) is 0 Å². The number of aliphatic hydroxyl groups is 1. The van der Waals surface area contributed by atoms with Crippen molar-refractivity contribution in [3.8, 4) is 12.3 Å². The normalized spacial score (nSPS) is 17.9. The number of hydrogen-bond acceptors (Lipinski definition) is 2. The summed E-state index contributed by atoms with van der Waals surface area (Å²) >= 11 is 0. The summed E-state index contributed by atoms with van der Waals surface area (Å²) in [5, 5.41) is 12.8. The van der Waals surface area contributed by atoms with Gasteiger partial charge in [-0.3, -0.25) is 0 Å². The van der Waals surface area contributed by atoms with Crippen LogP contribution in [0.3, 0.4) is 0 Å². The number of hydrogen-bond donors (Lipinski definition) is 2. The molecule has 0 aromatic carbocycles. The predicted molar refractivity (Wildman–Crippen MR) is 51.8 cm³/mol. The average Bonchev–Trinajstić information content (AvgIpc) is 2.02. The first kappa shape index (κ1) is 11.5. The molecule has 0 aromatic heterocycles. The van der Waals surface area contributed by atoms with Crippen molar-refractivity contribution < 1.29 is 5.11 Å². The highest BCUT2D eigenvalue weighted by atomic mass is 16.3. The number of nitrogens with one attached hydrogen (secondary N) is 1. The molecule has 0 aliphatic carbocycles. The van der Waals surface area contributed by atoms with E-state index in [0.717, 1.165) is 6.42 Å². The Labute approximate surface area is 75.4 Å². The molecular formula is C10H19NO. The van der Waals surface area contributed by atoms with Gasteiger partial charge in [0.25, 0.3) is 0 Å². The van der Waals surface area contributed by atoms with Gasteiger partial charge in [0.1, 0.15) is 0 Å². The highest BCUT2D eigenvalue weighted by Crippen LogP contribution is 2.06. The zero-order valence-electron chi connectivity index (χ0n) is 8.22. The van der Waals surface area contributed by atoms with E-state index in [0.29, 0.717) is 13.0 Å². The van der Waals surface area contributed by atoms with E-state index in [9.17, 15) is 5.11 Å². The van der Waals surface area contributed by atoms with Gasteiger partial charge >= 0.3 is 0 Å². The second-order valence-electron chi connectivity index (χ2n) is 3.54. The summed E-state index contributed by atoms with van der Waals surface area (Å²) in [7, 11) is 0. The fraction of sp³-hybridized carbons (Fsp3) is 0.800. The van der Waals surface area contributed by atoms with Crippen LogP contribution in [0.1, 0.15) is 33.6 Å². The van der Waals surface area contributed by atoms with Crippen molar-refractivity contribution in [1.82, 2.24) is 5.32 Å². The zero-order valence-corrected chi connectivity index (χ0v) is 8.22. The van der Waals surface area contributed by atoms with Gasteiger partial charge in [-0.2, -0.15) is 0 Å². The van der Waals surface area contributed by atoms with E-state index in [2.05, 4.69) is 11.2 Å². The number of terminal acetylenes is 1. The Morgan fingerprint density at radius 2 is 2.25 bits per heavy atom. The van der Waals surface area contributed by atoms with Crippen LogP contribution in [0.25, 0.3) is 0 Å². The molecule has 2 heteroatoms. The summed E-state index contributed by atoms with van der Waals surface area (Å²) < 4.78 is 0. The Morgan fingerprint density at radius 3 is 2.67 bits per heavy atom. The van der Waals surface area contributed by atoms with E-state index in [1.54, 1.807) is 0 Å². The van der Waals surface area contributed by atoms with Crippen molar-refractivity contribution in [3.63, 3.8) is 0 Å². The molecule has 0 fully saturated rings. The van der Waals surface area contributed by atoms with Gasteiger partial charge < -0.3 is 10.4 Å². The molecule has 2 atom stereocenters. The molecular weight excluding hydrogens is 150 g/mol. The lowest BCUT2D eigenvalue weighted by Crippen LogP contribution is -2.40. The van der Waals surface area contributed by atoms with Gasteiger partial charge in [-0.05, 0) is 20.3 Å². The third-order valence-corrected chi connectivity index (χ3v) is 2.02. The van der Waals surface area contributed by atoms with Crippen molar-refractivity contribution >= 4 is 0 Å². The third-order valence-electron chi connectivity index (χ3n) is 2.02. The summed E-state index contributed by atoms with van der Waals surface area (Å²) in [4.78, 5) is 0. The van der Waals surface area contributed by atoms with E-state index in [4.69, 9.17) is 6.42 Å². The molecule has 0 heterocycles. The molecule has 0 aromatic rings. The predicted octanol–water partition coefficient (Wildman–Crippen LogP) is 1.15. The lowest BCUT2D eigenvalue weighted by Gasteiger charge is -2.23. The maximum atomic E-state index is 9.63. The molecule has 0 bridgehead atoms. The van der Waals surface area contributed by atoms with Gasteiger partial charge in [-0.1, -0.05) is 6.92 Å². The minimum absolute atomic E-state index is 0.285. The molecule has 0 spiro atoms. The van der Waals surface area contributed by atoms with Gasteiger partial charge in [-0.15, -0.1) is 12.3 Å². The fourth-order valence-corrected chi connectivity index (χ4v) is 0.768. The van der Waals surface area contributed by atoms with Crippen LogP contribution in [0.4, 0.5) is 0 Å². The molecule has 12 heavy (non-hydrogen) atoms. The molecule has 0 aliphatic rings. The molecule has 2 unspecified atom stereocenters. The lowest BCUT2D eigenvalue weighted by atomic mass is 10.0. The summed E-state index contributed by atoms with van der Waals surface area (Å²) in [5.41, 5.74) is -0.608. The van der Waals surface area contributed by atoms with Gasteiger partial charge in [0.05, 0.1) is 5.60 Å². The van der Waals surface area contributed by atoms with Crippen LogP contribution in [0.15, 0.2) is 0 Å². The van der Waals surface area contributed by atoms with Crippen molar-refractivity contribution in [1.29, 1.82) is 0 Å². The van der Waals surface area contributed by atoms with Gasteiger partial charge in [0.2, 0.25) is 0 Å². The molecule has 2 N–H and O–H groups in total. The molecule has 0 rings (SSSR count). The fourth-order valence-electron chi connectivity index (χ4n) is 0.768. The van der Waals surface area contributed by atoms with Crippen LogP contribution in [0.2, 0.25) is 0 Å². The maximum Gasteiger partial charge on any atom is 0.0741 e. The minimum Gasteiger partial charge on any atom is -0.389 e. The Hall–Kier alpha value is -0.520. The Kier molecular flexibility index (Phi) is 4.96. The molecule has 0 saturated carbocycles. The quantitative estimate of drug-likeness (QED) is 0.605. The van der Waals surface area contributed by atoms with Crippen LogP contribution in [-0.4, -0.2) is 23.3 Å². The van der Waals surface area contributed by atoms with E-state index in [-0.39, 0.29) is 6.04 Å². The van der Waals surface area contributed by atoms with Crippen molar-refractivity contribution in [2.45, 2.75) is 45.3 Å². The second kappa shape index (κ2) is 5.18.